The topological polar surface area (TPSA) is 35.5 Å². The van der Waals surface area contributed by atoms with Crippen LogP contribution in [-0.2, 0) is 15.1 Å². The first-order valence-electron chi connectivity index (χ1n) is 6.66. The standard InChI is InChI=1S/C15H18F3IO3/c1-5-14(4,19)12(20)22-13(2,3)10-6-8-11(9-7-10)21-15(16,17)18/h6-9H,5H2,1-4H3. The zero-order chi connectivity index (χ0) is 17.2. The number of hydrogen-bond acceptors (Lipinski definition) is 3. The Hall–Kier alpha value is -0.990. The number of ether oxygens (including phenoxy) is 2. The Labute approximate surface area is 141 Å². The number of alkyl halides is 4. The summed E-state index contributed by atoms with van der Waals surface area (Å²) in [5.41, 5.74) is -0.367. The van der Waals surface area contributed by atoms with Gasteiger partial charge in [0.1, 0.15) is 14.8 Å². The van der Waals surface area contributed by atoms with Crippen molar-refractivity contribution in [1.82, 2.24) is 0 Å². The summed E-state index contributed by atoms with van der Waals surface area (Å²) in [6.45, 7) is 7.02. The van der Waals surface area contributed by atoms with Gasteiger partial charge >= 0.3 is 12.3 Å². The van der Waals surface area contributed by atoms with Gasteiger partial charge in [-0.3, -0.25) is 4.79 Å². The first-order chi connectivity index (χ1) is 9.87. The molecule has 1 rings (SSSR count). The largest absolute Gasteiger partial charge is 0.573 e. The molecule has 1 aromatic carbocycles. The molecule has 0 amide bonds. The molecular weight excluding hydrogens is 412 g/mol. The zero-order valence-corrected chi connectivity index (χ0v) is 14.9. The highest BCUT2D eigenvalue weighted by Gasteiger charge is 2.35. The van der Waals surface area contributed by atoms with Crippen molar-refractivity contribution in [2.75, 3.05) is 0 Å². The van der Waals surface area contributed by atoms with Crippen LogP contribution in [0, 0.1) is 0 Å². The second kappa shape index (κ2) is 6.64. The van der Waals surface area contributed by atoms with Crippen LogP contribution >= 0.6 is 22.6 Å². The number of rotatable bonds is 5. The summed E-state index contributed by atoms with van der Waals surface area (Å²) in [6.07, 6.45) is -4.12. The molecule has 0 bridgehead atoms. The molecule has 0 aromatic heterocycles. The molecule has 1 atom stereocenters. The average Bonchev–Trinajstić information content (AvgIpc) is 2.36. The summed E-state index contributed by atoms with van der Waals surface area (Å²) in [4.78, 5) is 12.1. The number of benzene rings is 1. The molecular formula is C15H18F3IO3. The van der Waals surface area contributed by atoms with Gasteiger partial charge in [0.2, 0.25) is 0 Å². The van der Waals surface area contributed by atoms with Gasteiger partial charge < -0.3 is 9.47 Å². The second-order valence-electron chi connectivity index (χ2n) is 5.52. The van der Waals surface area contributed by atoms with E-state index in [1.807, 2.05) is 29.5 Å². The van der Waals surface area contributed by atoms with Crippen molar-refractivity contribution in [3.05, 3.63) is 29.8 Å². The van der Waals surface area contributed by atoms with Crippen LogP contribution < -0.4 is 4.74 Å². The van der Waals surface area contributed by atoms with E-state index in [0.717, 1.165) is 0 Å². The molecule has 1 aromatic rings. The summed E-state index contributed by atoms with van der Waals surface area (Å²) in [5.74, 6) is -0.679. The minimum Gasteiger partial charge on any atom is -0.454 e. The molecule has 0 aliphatic heterocycles. The number of carbonyl (C=O) groups is 1. The Morgan fingerprint density at radius 3 is 2.05 bits per heavy atom. The summed E-state index contributed by atoms with van der Waals surface area (Å²) < 4.78 is 45.1. The SMILES string of the molecule is CCC(C)(I)C(=O)OC(C)(C)c1ccc(OC(F)(F)F)cc1. The Morgan fingerprint density at radius 1 is 1.14 bits per heavy atom. The number of hydrogen-bond donors (Lipinski definition) is 0. The third-order valence-corrected chi connectivity index (χ3v) is 4.42. The molecule has 0 aliphatic rings. The summed E-state index contributed by atoms with van der Waals surface area (Å²) >= 11 is 2.03. The van der Waals surface area contributed by atoms with Gasteiger partial charge in [-0.2, -0.15) is 0 Å². The Morgan fingerprint density at radius 2 is 1.64 bits per heavy atom. The van der Waals surface area contributed by atoms with Crippen LogP contribution in [0.2, 0.25) is 0 Å². The number of carbonyl (C=O) groups excluding carboxylic acids is 1. The fraction of sp³-hybridized carbons (Fsp3) is 0.533. The molecule has 124 valence electrons. The van der Waals surface area contributed by atoms with Crippen molar-refractivity contribution in [1.29, 1.82) is 0 Å². The van der Waals surface area contributed by atoms with Gasteiger partial charge in [-0.1, -0.05) is 41.6 Å². The maximum absolute atomic E-state index is 12.1. The molecule has 1 unspecified atom stereocenters. The summed E-state index contributed by atoms with van der Waals surface area (Å²) in [6, 6.07) is 5.29. The van der Waals surface area contributed by atoms with E-state index in [0.29, 0.717) is 12.0 Å². The lowest BCUT2D eigenvalue weighted by molar-refractivity contribution is -0.274. The molecule has 7 heteroatoms. The van der Waals surface area contributed by atoms with Gasteiger partial charge in [-0.05, 0) is 44.9 Å². The second-order valence-corrected chi connectivity index (χ2v) is 7.90. The fourth-order valence-corrected chi connectivity index (χ4v) is 1.71. The van der Waals surface area contributed by atoms with Gasteiger partial charge in [-0.15, -0.1) is 13.2 Å². The van der Waals surface area contributed by atoms with E-state index in [4.69, 9.17) is 4.74 Å². The van der Waals surface area contributed by atoms with Crippen LogP contribution in [0.5, 0.6) is 5.75 Å². The van der Waals surface area contributed by atoms with Gasteiger partial charge in [0, 0.05) is 0 Å². The predicted molar refractivity (Wildman–Crippen MR) is 85.0 cm³/mol. The van der Waals surface area contributed by atoms with E-state index >= 15 is 0 Å². The molecule has 0 N–H and O–H groups in total. The summed E-state index contributed by atoms with van der Waals surface area (Å²) in [7, 11) is 0. The predicted octanol–water partition coefficient (Wildman–Crippen LogP) is 4.97. The van der Waals surface area contributed by atoms with E-state index < -0.39 is 15.4 Å². The van der Waals surface area contributed by atoms with Gasteiger partial charge in [0.05, 0.1) is 0 Å². The quantitative estimate of drug-likeness (QED) is 0.376. The average molecular weight is 430 g/mol. The molecule has 0 radical (unpaired) electrons. The first-order valence-corrected chi connectivity index (χ1v) is 7.74. The maximum atomic E-state index is 12.1. The molecule has 0 heterocycles. The van der Waals surface area contributed by atoms with Crippen LogP contribution in [0.3, 0.4) is 0 Å². The molecule has 0 saturated heterocycles. The van der Waals surface area contributed by atoms with Crippen molar-refractivity contribution in [2.24, 2.45) is 0 Å². The Bertz CT molecular complexity index is 522. The lowest BCUT2D eigenvalue weighted by Gasteiger charge is -2.30. The van der Waals surface area contributed by atoms with Crippen LogP contribution in [0.25, 0.3) is 0 Å². The van der Waals surface area contributed by atoms with Gasteiger partial charge in [0.15, 0.2) is 0 Å². The van der Waals surface area contributed by atoms with E-state index in [1.165, 1.54) is 24.3 Å². The molecule has 22 heavy (non-hydrogen) atoms. The highest BCUT2D eigenvalue weighted by atomic mass is 127. The third kappa shape index (κ3) is 5.33. The van der Waals surface area contributed by atoms with Crippen molar-refractivity contribution in [2.45, 2.75) is 49.5 Å². The third-order valence-electron chi connectivity index (χ3n) is 3.22. The molecule has 0 spiro atoms. The van der Waals surface area contributed by atoms with E-state index in [9.17, 15) is 18.0 Å². The highest BCUT2D eigenvalue weighted by molar-refractivity contribution is 14.1. The van der Waals surface area contributed by atoms with Gasteiger partial charge in [0.25, 0.3) is 0 Å². The lowest BCUT2D eigenvalue weighted by atomic mass is 9.97. The van der Waals surface area contributed by atoms with Crippen LogP contribution in [0.15, 0.2) is 24.3 Å². The molecule has 0 saturated carbocycles. The van der Waals surface area contributed by atoms with Gasteiger partial charge in [-0.25, -0.2) is 0 Å². The van der Waals surface area contributed by atoms with Crippen LogP contribution in [0.4, 0.5) is 13.2 Å². The zero-order valence-electron chi connectivity index (χ0n) is 12.8. The monoisotopic (exact) mass is 430 g/mol. The van der Waals surface area contributed by atoms with Crippen molar-refractivity contribution >= 4 is 28.6 Å². The normalized spacial score (nSPS) is 15.1. The Kier molecular flexibility index (Phi) is 5.75. The first kappa shape index (κ1) is 19.1. The van der Waals surface area contributed by atoms with Crippen molar-refractivity contribution < 1.29 is 27.4 Å². The fourth-order valence-electron chi connectivity index (χ4n) is 1.60. The molecule has 0 fully saturated rings. The van der Waals surface area contributed by atoms with E-state index in [1.54, 1.807) is 20.8 Å². The van der Waals surface area contributed by atoms with E-state index in [-0.39, 0.29) is 11.7 Å². The smallest absolute Gasteiger partial charge is 0.454 e. The van der Waals surface area contributed by atoms with Crippen molar-refractivity contribution in [3.63, 3.8) is 0 Å². The van der Waals surface area contributed by atoms with E-state index in [2.05, 4.69) is 4.74 Å². The molecule has 0 aliphatic carbocycles. The lowest BCUT2D eigenvalue weighted by Crippen LogP contribution is -2.36. The minimum absolute atomic E-state index is 0.314. The Balaban J connectivity index is 2.88. The minimum atomic E-state index is -4.73. The number of halogens is 4. The van der Waals surface area contributed by atoms with Crippen LogP contribution in [0.1, 0.15) is 39.7 Å². The maximum Gasteiger partial charge on any atom is 0.573 e. The molecule has 3 nitrogen and oxygen atoms in total. The highest BCUT2D eigenvalue weighted by Crippen LogP contribution is 2.32. The van der Waals surface area contributed by atoms with Crippen LogP contribution in [-0.4, -0.2) is 15.8 Å². The summed E-state index contributed by atoms with van der Waals surface area (Å²) in [5, 5.41) is 0. The number of esters is 1. The van der Waals surface area contributed by atoms with Crippen molar-refractivity contribution in [3.8, 4) is 5.75 Å².